The van der Waals surface area contributed by atoms with Gasteiger partial charge in [0.15, 0.2) is 0 Å². The van der Waals surface area contributed by atoms with Gasteiger partial charge in [0, 0.05) is 0 Å². The van der Waals surface area contributed by atoms with Crippen molar-refractivity contribution in [1.29, 1.82) is 0 Å². The molecule has 0 aromatic heterocycles. The molecule has 0 aromatic carbocycles. The zero-order chi connectivity index (χ0) is 6.12. The minimum atomic E-state index is 0.688. The van der Waals surface area contributed by atoms with Crippen molar-refractivity contribution < 1.29 is 11.3 Å². The number of unbranched alkanes of at least 4 members (excludes halogenated alkanes) is 1. The Balaban J connectivity index is 0. The second kappa shape index (κ2) is 15.6. The van der Waals surface area contributed by atoms with Crippen LogP contribution < -0.4 is 0 Å². The van der Waals surface area contributed by atoms with Gasteiger partial charge in [-0.15, -0.1) is 0 Å². The number of hydrogen-bond acceptors (Lipinski definition) is 0. The first kappa shape index (κ1) is 11.3. The summed E-state index contributed by atoms with van der Waals surface area (Å²) in [6.45, 7) is 4.36. The molecular formula is C4H10Br2Mn. The Bertz CT molecular complexity index is 17.2. The van der Waals surface area contributed by atoms with Crippen molar-refractivity contribution in [3.8, 4) is 0 Å². The van der Waals surface area contributed by atoms with Crippen molar-refractivity contribution in [3.63, 3.8) is 0 Å². The Morgan fingerprint density at radius 1 is 1.14 bits per heavy atom. The van der Waals surface area contributed by atoms with Crippen LogP contribution in [0.25, 0.3) is 0 Å². The summed E-state index contributed by atoms with van der Waals surface area (Å²) in [5.41, 5.74) is 0. The first-order chi connectivity index (χ1) is 3.33. The molecule has 0 aliphatic heterocycles. The van der Waals surface area contributed by atoms with E-state index < -0.39 is 0 Å². The van der Waals surface area contributed by atoms with Crippen molar-refractivity contribution in [2.24, 2.45) is 0 Å². The topological polar surface area (TPSA) is 0 Å². The van der Waals surface area contributed by atoms with E-state index in [0.717, 1.165) is 0 Å². The maximum atomic E-state index is 3.09. The molecule has 0 spiro atoms. The van der Waals surface area contributed by atoms with E-state index in [1.165, 1.54) is 12.8 Å². The molecule has 0 aliphatic rings. The third kappa shape index (κ3) is 36.5. The van der Waals surface area contributed by atoms with Crippen LogP contribution in [0.2, 0.25) is 0 Å². The average Bonchev–Trinajstić information content (AvgIpc) is 1.69. The number of hydrogen-bond donors (Lipinski definition) is 0. The quantitative estimate of drug-likeness (QED) is 0.641. The van der Waals surface area contributed by atoms with Crippen LogP contribution in [0.5, 0.6) is 0 Å². The van der Waals surface area contributed by atoms with Gasteiger partial charge in [0.2, 0.25) is 0 Å². The van der Waals surface area contributed by atoms with Gasteiger partial charge in [-0.3, -0.25) is 0 Å². The second-order valence-electron chi connectivity index (χ2n) is 1.05. The predicted octanol–water partition coefficient (Wildman–Crippen LogP) is 3.50. The molecule has 0 fully saturated rings. The van der Waals surface area contributed by atoms with Gasteiger partial charge in [0.05, 0.1) is 0 Å². The van der Waals surface area contributed by atoms with Crippen molar-refractivity contribution in [3.05, 3.63) is 0 Å². The zero-order valence-corrected chi connectivity index (χ0v) is 8.90. The SMILES string of the molecule is CCCC.[Br][Mn][Br]. The van der Waals surface area contributed by atoms with Crippen LogP contribution >= 0.6 is 28.2 Å². The van der Waals surface area contributed by atoms with Crippen LogP contribution in [0.15, 0.2) is 0 Å². The number of rotatable bonds is 1. The Morgan fingerprint density at radius 3 is 1.29 bits per heavy atom. The first-order valence-electron chi connectivity index (χ1n) is 2.20. The minimum absolute atomic E-state index is 0.688. The first-order valence-corrected chi connectivity index (χ1v) is 8.04. The van der Waals surface area contributed by atoms with Gasteiger partial charge in [-0.2, -0.15) is 0 Å². The molecule has 0 saturated heterocycles. The fraction of sp³-hybridized carbons (Fsp3) is 1.00. The van der Waals surface area contributed by atoms with Gasteiger partial charge in [-0.05, 0) is 0 Å². The van der Waals surface area contributed by atoms with Gasteiger partial charge in [0.25, 0.3) is 0 Å². The molecule has 0 saturated carbocycles. The van der Waals surface area contributed by atoms with Gasteiger partial charge >= 0.3 is 39.6 Å². The molecule has 0 aromatic rings. The summed E-state index contributed by atoms with van der Waals surface area (Å²) >= 11 is 6.88. The van der Waals surface area contributed by atoms with E-state index in [2.05, 4.69) is 42.1 Å². The van der Waals surface area contributed by atoms with E-state index >= 15 is 0 Å². The van der Waals surface area contributed by atoms with E-state index in [1.54, 1.807) is 0 Å². The van der Waals surface area contributed by atoms with E-state index in [1.807, 2.05) is 0 Å². The van der Waals surface area contributed by atoms with Crippen LogP contribution in [-0.4, -0.2) is 0 Å². The summed E-state index contributed by atoms with van der Waals surface area (Å²) < 4.78 is 0. The summed E-state index contributed by atoms with van der Waals surface area (Å²) in [6, 6.07) is 0. The molecular weight excluding hydrogens is 263 g/mol. The molecule has 0 amide bonds. The molecule has 3 heteroatoms. The Morgan fingerprint density at radius 2 is 1.29 bits per heavy atom. The standard InChI is InChI=1S/C4H10.2BrH.Mn/c1-3-4-2;;;/h3-4H2,1-2H3;2*1H;/q;;;+2/p-2. The van der Waals surface area contributed by atoms with Crippen molar-refractivity contribution >= 4 is 28.2 Å². The van der Waals surface area contributed by atoms with Crippen LogP contribution in [0.1, 0.15) is 26.7 Å². The van der Waals surface area contributed by atoms with Crippen molar-refractivity contribution in [1.82, 2.24) is 0 Å². The molecule has 0 N–H and O–H groups in total. The summed E-state index contributed by atoms with van der Waals surface area (Å²) in [6.07, 6.45) is 2.64. The molecule has 0 radical (unpaired) electrons. The monoisotopic (exact) mass is 271 g/mol. The molecule has 0 bridgehead atoms. The Kier molecular flexibility index (Phi) is 25.3. The molecule has 0 aliphatic carbocycles. The third-order valence-corrected chi connectivity index (χ3v) is 0.500. The van der Waals surface area contributed by atoms with Crippen LogP contribution in [0.3, 0.4) is 0 Å². The molecule has 47 valence electrons. The summed E-state index contributed by atoms with van der Waals surface area (Å²) in [5, 5.41) is 0. The van der Waals surface area contributed by atoms with E-state index in [-0.39, 0.29) is 0 Å². The summed E-state index contributed by atoms with van der Waals surface area (Å²) in [5.74, 6) is 0. The summed E-state index contributed by atoms with van der Waals surface area (Å²) in [7, 11) is 0. The average molecular weight is 273 g/mol. The van der Waals surface area contributed by atoms with Crippen molar-refractivity contribution in [2.45, 2.75) is 26.7 Å². The van der Waals surface area contributed by atoms with Crippen molar-refractivity contribution in [2.75, 3.05) is 0 Å². The van der Waals surface area contributed by atoms with Gasteiger partial charge in [-0.25, -0.2) is 0 Å². The van der Waals surface area contributed by atoms with Gasteiger partial charge in [-0.1, -0.05) is 26.7 Å². The molecule has 0 atom stereocenters. The van der Waals surface area contributed by atoms with E-state index in [4.69, 9.17) is 0 Å². The zero-order valence-electron chi connectivity index (χ0n) is 4.55. The normalized spacial score (nSPS) is 6.86. The Hall–Kier alpha value is 1.48. The van der Waals surface area contributed by atoms with Crippen LogP contribution in [0, 0.1) is 0 Å². The second-order valence-corrected chi connectivity index (χ2v) is 7.01. The fourth-order valence-corrected chi connectivity index (χ4v) is 0. The van der Waals surface area contributed by atoms with E-state index in [9.17, 15) is 0 Å². The maximum absolute atomic E-state index is 3.09. The van der Waals surface area contributed by atoms with Gasteiger partial charge < -0.3 is 0 Å². The fourth-order valence-electron chi connectivity index (χ4n) is 0. The number of halogens is 2. The predicted molar refractivity (Wildman–Crippen MR) is 38.4 cm³/mol. The molecule has 0 rings (SSSR count). The third-order valence-electron chi connectivity index (χ3n) is 0.500. The molecule has 0 nitrogen and oxygen atoms in total. The Labute approximate surface area is 66.0 Å². The van der Waals surface area contributed by atoms with E-state index in [0.29, 0.717) is 11.3 Å². The molecule has 0 unspecified atom stereocenters. The van der Waals surface area contributed by atoms with Crippen LogP contribution in [-0.2, 0) is 11.3 Å². The van der Waals surface area contributed by atoms with Crippen LogP contribution in [0.4, 0.5) is 0 Å². The summed E-state index contributed by atoms with van der Waals surface area (Å²) in [4.78, 5) is 0. The molecule has 7 heavy (non-hydrogen) atoms. The molecule has 0 heterocycles. The van der Waals surface area contributed by atoms with Gasteiger partial charge in [0.1, 0.15) is 0 Å².